The Morgan fingerprint density at radius 2 is 2.71 bits per heavy atom. The summed E-state index contributed by atoms with van der Waals surface area (Å²) >= 11 is 3.32. The van der Waals surface area contributed by atoms with E-state index in [9.17, 15) is 0 Å². The van der Waals surface area contributed by atoms with Crippen molar-refractivity contribution in [2.75, 3.05) is 13.7 Å². The van der Waals surface area contributed by atoms with Crippen LogP contribution in [0.25, 0.3) is 0 Å². The fourth-order valence-electron chi connectivity index (χ4n) is 0.398. The minimum Gasteiger partial charge on any atom is -0.270 e. The molecule has 2 nitrogen and oxygen atoms in total. The number of nitrogens with zero attached hydrogens (tertiary/aromatic N) is 2. The highest BCUT2D eigenvalue weighted by atomic mass is 79.9. The quantitative estimate of drug-likeness (QED) is 0.375. The van der Waals surface area contributed by atoms with Crippen LogP contribution in [-0.2, 0) is 0 Å². The molecule has 0 amide bonds. The van der Waals surface area contributed by atoms with Gasteiger partial charge < -0.3 is 0 Å². The summed E-state index contributed by atoms with van der Waals surface area (Å²) in [5.74, 6) is 0. The normalized spacial score (nSPS) is 32.0. The molecule has 1 heterocycles. The van der Waals surface area contributed by atoms with Crippen molar-refractivity contribution in [1.29, 1.82) is 0 Å². The van der Waals surface area contributed by atoms with Crippen molar-refractivity contribution < 1.29 is 0 Å². The van der Waals surface area contributed by atoms with Crippen LogP contribution in [0.1, 0.15) is 0 Å². The molecule has 1 aliphatic rings. The Morgan fingerprint density at radius 3 is 2.86 bits per heavy atom. The van der Waals surface area contributed by atoms with Gasteiger partial charge in [0.05, 0.1) is 12.9 Å². The molecule has 3 heteroatoms. The molecule has 0 aromatic heterocycles. The molecule has 0 aromatic rings. The highest BCUT2D eigenvalue weighted by Crippen LogP contribution is 2.06. The first kappa shape index (κ1) is 5.25. The molecule has 1 atom stereocenters. The average Bonchev–Trinajstić information content (AvgIpc) is 1.91. The molecule has 39 valence electrons. The summed E-state index contributed by atoms with van der Waals surface area (Å²) in [6.07, 6.45) is 2.84. The van der Waals surface area contributed by atoms with Crippen LogP contribution < -0.4 is 0 Å². The molecule has 1 rings (SSSR count). The van der Waals surface area contributed by atoms with Gasteiger partial charge in [-0.05, 0) is 7.05 Å². The van der Waals surface area contributed by atoms with E-state index in [4.69, 9.17) is 0 Å². The lowest BCUT2D eigenvalue weighted by Gasteiger charge is -2.07. The number of rotatable bonds is 0. The second kappa shape index (κ2) is 1.92. The van der Waals surface area contributed by atoms with Gasteiger partial charge in [0, 0.05) is 0 Å². The van der Waals surface area contributed by atoms with E-state index in [-0.39, 0.29) is 4.95 Å². The van der Waals surface area contributed by atoms with Gasteiger partial charge >= 0.3 is 0 Å². The van der Waals surface area contributed by atoms with Gasteiger partial charge in [-0.2, -0.15) is 0 Å². The van der Waals surface area contributed by atoms with Gasteiger partial charge in [0.15, 0.2) is 0 Å². The van der Waals surface area contributed by atoms with Crippen LogP contribution >= 0.6 is 15.9 Å². The average molecular weight is 162 g/mol. The summed E-state index contributed by atoms with van der Waals surface area (Å²) in [7, 11) is 1.99. The molecule has 0 bridgehead atoms. The predicted octanol–water partition coefficient (Wildman–Crippen LogP) is 0.558. The summed E-state index contributed by atoms with van der Waals surface area (Å²) in [4.78, 5) is 6.16. The van der Waals surface area contributed by atoms with Crippen molar-refractivity contribution in [3.63, 3.8) is 0 Å². The highest BCUT2D eigenvalue weighted by Gasteiger charge is 2.11. The molecule has 1 radical (unpaired) electrons. The number of aliphatic imine (C=N–C) groups is 1. The second-order valence-corrected chi connectivity index (χ2v) is 2.39. The van der Waals surface area contributed by atoms with Crippen LogP contribution in [-0.4, -0.2) is 29.8 Å². The maximum atomic E-state index is 3.87. The molecule has 1 unspecified atom stereocenters. The minimum atomic E-state index is 0.243. The summed E-state index contributed by atoms with van der Waals surface area (Å²) in [5, 5.41) is 0. The van der Waals surface area contributed by atoms with Gasteiger partial charge in [0.2, 0.25) is 0 Å². The first-order valence-corrected chi connectivity index (χ1v) is 2.98. The smallest absolute Gasteiger partial charge is 0.111 e. The van der Waals surface area contributed by atoms with E-state index in [1.807, 2.05) is 11.9 Å². The van der Waals surface area contributed by atoms with Gasteiger partial charge in [-0.1, -0.05) is 15.9 Å². The molecule has 0 saturated heterocycles. The van der Waals surface area contributed by atoms with Crippen molar-refractivity contribution in [2.24, 2.45) is 4.99 Å². The van der Waals surface area contributed by atoms with E-state index < -0.39 is 0 Å². The van der Waals surface area contributed by atoms with Gasteiger partial charge in [-0.15, -0.1) is 0 Å². The largest absolute Gasteiger partial charge is 0.270 e. The second-order valence-electron chi connectivity index (χ2n) is 1.52. The Kier molecular flexibility index (Phi) is 1.44. The number of hydrogen-bond acceptors (Lipinski definition) is 2. The van der Waals surface area contributed by atoms with E-state index in [2.05, 4.69) is 27.1 Å². The molecule has 0 spiro atoms. The third-order valence-corrected chi connectivity index (χ3v) is 1.78. The van der Waals surface area contributed by atoms with E-state index in [0.717, 1.165) is 6.67 Å². The van der Waals surface area contributed by atoms with Crippen LogP contribution in [0.2, 0.25) is 0 Å². The summed E-state index contributed by atoms with van der Waals surface area (Å²) in [5.41, 5.74) is 0. The van der Waals surface area contributed by atoms with Crippen molar-refractivity contribution in [3.8, 4) is 0 Å². The van der Waals surface area contributed by atoms with E-state index in [0.29, 0.717) is 0 Å². The molecule has 0 N–H and O–H groups in total. The van der Waals surface area contributed by atoms with Gasteiger partial charge in [-0.3, -0.25) is 9.89 Å². The molecule has 0 fully saturated rings. The molecule has 0 aromatic carbocycles. The Balaban J connectivity index is 2.45. The molecule has 0 saturated carbocycles. The van der Waals surface area contributed by atoms with Crippen LogP contribution in [0.5, 0.6) is 0 Å². The van der Waals surface area contributed by atoms with Crippen molar-refractivity contribution in [2.45, 2.75) is 4.95 Å². The van der Waals surface area contributed by atoms with Crippen LogP contribution in [0.4, 0.5) is 0 Å². The van der Waals surface area contributed by atoms with Crippen molar-refractivity contribution in [1.82, 2.24) is 4.90 Å². The lowest BCUT2D eigenvalue weighted by Crippen LogP contribution is -2.20. The van der Waals surface area contributed by atoms with E-state index in [1.54, 1.807) is 0 Å². The molecule has 7 heavy (non-hydrogen) atoms. The Bertz CT molecular complexity index is 91.7. The van der Waals surface area contributed by atoms with Gasteiger partial charge in [-0.25, -0.2) is 0 Å². The Morgan fingerprint density at radius 1 is 2.00 bits per heavy atom. The SMILES string of the molecule is CN1CN=[C]C1Br. The van der Waals surface area contributed by atoms with Crippen LogP contribution in [0.15, 0.2) is 4.99 Å². The standard InChI is InChI=1S/C4H6BrN2/c1-7-3-6-2-4(7)5/h4H,3H2,1H3. The van der Waals surface area contributed by atoms with Crippen LogP contribution in [0, 0.1) is 0 Å². The predicted molar refractivity (Wildman–Crippen MR) is 32.8 cm³/mol. The summed E-state index contributed by atoms with van der Waals surface area (Å²) < 4.78 is 0. The maximum Gasteiger partial charge on any atom is 0.111 e. The van der Waals surface area contributed by atoms with Crippen molar-refractivity contribution >= 4 is 22.1 Å². The molecule has 1 aliphatic heterocycles. The van der Waals surface area contributed by atoms with E-state index >= 15 is 0 Å². The van der Waals surface area contributed by atoms with Crippen LogP contribution in [0.3, 0.4) is 0 Å². The first-order chi connectivity index (χ1) is 3.30. The molecular formula is C4H6BrN2. The zero-order valence-electron chi connectivity index (χ0n) is 4.06. The third kappa shape index (κ3) is 1.01. The lowest BCUT2D eigenvalue weighted by atomic mass is 10.7. The zero-order valence-corrected chi connectivity index (χ0v) is 5.64. The van der Waals surface area contributed by atoms with Gasteiger partial charge in [0.1, 0.15) is 4.95 Å². The third-order valence-electron chi connectivity index (χ3n) is 0.879. The number of halogens is 1. The van der Waals surface area contributed by atoms with Crippen molar-refractivity contribution in [3.05, 3.63) is 0 Å². The Labute approximate surface area is 51.4 Å². The zero-order chi connectivity index (χ0) is 5.28. The lowest BCUT2D eigenvalue weighted by molar-refractivity contribution is 0.405. The monoisotopic (exact) mass is 161 g/mol. The Hall–Kier alpha value is 0.110. The first-order valence-electron chi connectivity index (χ1n) is 2.07. The summed E-state index contributed by atoms with van der Waals surface area (Å²) in [6, 6.07) is 0. The highest BCUT2D eigenvalue weighted by molar-refractivity contribution is 9.09. The number of hydrogen-bond donors (Lipinski definition) is 0. The fourth-order valence-corrected chi connectivity index (χ4v) is 0.672. The maximum absolute atomic E-state index is 3.87. The fraction of sp³-hybridized carbons (Fsp3) is 0.750. The molecular weight excluding hydrogens is 156 g/mol. The molecule has 0 aliphatic carbocycles. The topological polar surface area (TPSA) is 15.6 Å². The number of alkyl halides is 1. The van der Waals surface area contributed by atoms with Gasteiger partial charge in [0.25, 0.3) is 0 Å². The summed E-state index contributed by atoms with van der Waals surface area (Å²) in [6.45, 7) is 0.774. The minimum absolute atomic E-state index is 0.243. The van der Waals surface area contributed by atoms with E-state index in [1.165, 1.54) is 0 Å².